The summed E-state index contributed by atoms with van der Waals surface area (Å²) >= 11 is 0. The number of methoxy groups -OCH3 is 1. The van der Waals surface area contributed by atoms with E-state index >= 15 is 0 Å². The van der Waals surface area contributed by atoms with Crippen molar-refractivity contribution in [2.24, 2.45) is 5.41 Å². The van der Waals surface area contributed by atoms with Crippen LogP contribution in [0.15, 0.2) is 4.79 Å². The summed E-state index contributed by atoms with van der Waals surface area (Å²) in [4.78, 5) is 27.4. The molecular formula is C19H32N4O3. The van der Waals surface area contributed by atoms with E-state index < -0.39 is 0 Å². The molecule has 2 fully saturated rings. The predicted octanol–water partition coefficient (Wildman–Crippen LogP) is 2.17. The minimum atomic E-state index is -0.0299. The Balaban J connectivity index is 1.79. The van der Waals surface area contributed by atoms with Crippen LogP contribution in [-0.2, 0) is 16.1 Å². The van der Waals surface area contributed by atoms with Gasteiger partial charge in [0.1, 0.15) is 5.82 Å². The van der Waals surface area contributed by atoms with E-state index in [4.69, 9.17) is 4.74 Å². The first-order valence-electron chi connectivity index (χ1n) is 9.76. The van der Waals surface area contributed by atoms with E-state index in [2.05, 4.69) is 25.9 Å². The molecule has 1 atom stereocenters. The molecule has 1 saturated carbocycles. The van der Waals surface area contributed by atoms with Gasteiger partial charge in [-0.15, -0.1) is 0 Å². The number of aromatic nitrogens is 3. The number of rotatable bonds is 6. The molecule has 146 valence electrons. The Labute approximate surface area is 155 Å². The van der Waals surface area contributed by atoms with Crippen molar-refractivity contribution in [2.75, 3.05) is 26.8 Å². The van der Waals surface area contributed by atoms with Crippen LogP contribution in [0.3, 0.4) is 0 Å². The highest BCUT2D eigenvalue weighted by Gasteiger charge is 2.35. The Kier molecular flexibility index (Phi) is 5.55. The van der Waals surface area contributed by atoms with Gasteiger partial charge in [0.2, 0.25) is 5.91 Å². The zero-order chi connectivity index (χ0) is 18.9. The van der Waals surface area contributed by atoms with Gasteiger partial charge in [-0.1, -0.05) is 20.8 Å². The second-order valence-electron chi connectivity index (χ2n) is 8.87. The van der Waals surface area contributed by atoms with E-state index in [0.717, 1.165) is 38.1 Å². The van der Waals surface area contributed by atoms with Crippen LogP contribution in [0.4, 0.5) is 0 Å². The van der Waals surface area contributed by atoms with Crippen molar-refractivity contribution in [3.63, 3.8) is 0 Å². The summed E-state index contributed by atoms with van der Waals surface area (Å²) in [5.41, 5.74) is -0.0419. The first-order chi connectivity index (χ1) is 12.3. The van der Waals surface area contributed by atoms with E-state index in [9.17, 15) is 9.59 Å². The number of nitrogens with zero attached hydrogens (tertiary/aromatic N) is 4. The van der Waals surface area contributed by atoms with Crippen LogP contribution >= 0.6 is 0 Å². The van der Waals surface area contributed by atoms with Crippen molar-refractivity contribution in [3.05, 3.63) is 16.3 Å². The van der Waals surface area contributed by atoms with E-state index in [-0.39, 0.29) is 29.0 Å². The molecule has 2 heterocycles. The Morgan fingerprint density at radius 1 is 1.27 bits per heavy atom. The summed E-state index contributed by atoms with van der Waals surface area (Å²) < 4.78 is 8.53. The van der Waals surface area contributed by atoms with Crippen molar-refractivity contribution in [1.29, 1.82) is 0 Å². The Hall–Kier alpha value is -1.63. The molecule has 0 radical (unpaired) electrons. The average Bonchev–Trinajstić information content (AvgIpc) is 3.35. The molecule has 26 heavy (non-hydrogen) atoms. The second kappa shape index (κ2) is 7.55. The highest BCUT2D eigenvalue weighted by molar-refractivity contribution is 5.77. The van der Waals surface area contributed by atoms with Crippen LogP contribution in [0, 0.1) is 5.41 Å². The van der Waals surface area contributed by atoms with Gasteiger partial charge in [-0.2, -0.15) is 5.10 Å². The van der Waals surface area contributed by atoms with Crippen molar-refractivity contribution in [2.45, 2.75) is 71.4 Å². The van der Waals surface area contributed by atoms with Crippen molar-refractivity contribution < 1.29 is 9.53 Å². The molecule has 1 amide bonds. The number of hydrogen-bond acceptors (Lipinski definition) is 4. The Morgan fingerprint density at radius 2 is 2.00 bits per heavy atom. The third-order valence-electron chi connectivity index (χ3n) is 5.14. The van der Waals surface area contributed by atoms with Gasteiger partial charge in [0.25, 0.3) is 0 Å². The quantitative estimate of drug-likeness (QED) is 0.776. The molecule has 1 aliphatic heterocycles. The summed E-state index contributed by atoms with van der Waals surface area (Å²) in [6.07, 6.45) is 4.58. The molecule has 1 aliphatic carbocycles. The van der Waals surface area contributed by atoms with Crippen molar-refractivity contribution >= 4 is 5.91 Å². The molecule has 2 aliphatic rings. The fourth-order valence-electron chi connectivity index (χ4n) is 3.69. The molecule has 1 aromatic heterocycles. The topological polar surface area (TPSA) is 69.4 Å². The van der Waals surface area contributed by atoms with Crippen LogP contribution < -0.4 is 5.69 Å². The lowest BCUT2D eigenvalue weighted by atomic mass is 9.90. The molecular weight excluding hydrogens is 332 g/mol. The maximum Gasteiger partial charge on any atom is 0.346 e. The molecule has 0 bridgehead atoms. The zero-order valence-corrected chi connectivity index (χ0v) is 16.5. The van der Waals surface area contributed by atoms with E-state index in [1.165, 1.54) is 4.68 Å². The van der Waals surface area contributed by atoms with Crippen molar-refractivity contribution in [3.8, 4) is 0 Å². The molecule has 0 spiro atoms. The summed E-state index contributed by atoms with van der Waals surface area (Å²) in [6.45, 7) is 8.70. The molecule has 1 saturated heterocycles. The standard InChI is InChI=1S/C19H32N4O3/c1-19(2,3)12-16(24)21-9-5-6-14(13-21)17-20-22(10-11-26-4)18(25)23(17)15-7-8-15/h14-15H,5-13H2,1-4H3. The third-order valence-corrected chi connectivity index (χ3v) is 5.14. The summed E-state index contributed by atoms with van der Waals surface area (Å²) in [5, 5.41) is 4.65. The summed E-state index contributed by atoms with van der Waals surface area (Å²) in [6, 6.07) is 0.287. The maximum absolute atomic E-state index is 12.8. The Morgan fingerprint density at radius 3 is 2.62 bits per heavy atom. The second-order valence-corrected chi connectivity index (χ2v) is 8.87. The SMILES string of the molecule is COCCn1nc(C2CCCN(C(=O)CC(C)(C)C)C2)n(C2CC2)c1=O. The predicted molar refractivity (Wildman–Crippen MR) is 99.3 cm³/mol. The molecule has 7 heteroatoms. The van der Waals surface area contributed by atoms with Crippen LogP contribution in [0.5, 0.6) is 0 Å². The number of likely N-dealkylation sites (tertiary alicyclic amines) is 1. The first kappa shape index (κ1) is 19.1. The highest BCUT2D eigenvalue weighted by atomic mass is 16.5. The molecule has 0 N–H and O–H groups in total. The van der Waals surface area contributed by atoms with Crippen LogP contribution in [0.2, 0.25) is 0 Å². The molecule has 3 rings (SSSR count). The number of carbonyl (C=O) groups excluding carboxylic acids is 1. The van der Waals surface area contributed by atoms with E-state index in [0.29, 0.717) is 26.1 Å². The van der Waals surface area contributed by atoms with Gasteiger partial charge in [-0.25, -0.2) is 9.48 Å². The van der Waals surface area contributed by atoms with E-state index in [1.807, 2.05) is 9.47 Å². The number of carbonyl (C=O) groups is 1. The van der Waals surface area contributed by atoms with Gasteiger partial charge in [0, 0.05) is 38.6 Å². The number of hydrogen-bond donors (Lipinski definition) is 0. The first-order valence-corrected chi connectivity index (χ1v) is 9.76. The number of ether oxygens (including phenoxy) is 1. The van der Waals surface area contributed by atoms with Gasteiger partial charge in [0.15, 0.2) is 0 Å². The van der Waals surface area contributed by atoms with Gasteiger partial charge < -0.3 is 9.64 Å². The molecule has 1 unspecified atom stereocenters. The average molecular weight is 364 g/mol. The lowest BCUT2D eigenvalue weighted by molar-refractivity contribution is -0.134. The van der Waals surface area contributed by atoms with Crippen molar-refractivity contribution in [1.82, 2.24) is 19.2 Å². The summed E-state index contributed by atoms with van der Waals surface area (Å²) in [5.74, 6) is 1.22. The highest BCUT2D eigenvalue weighted by Crippen LogP contribution is 2.37. The zero-order valence-electron chi connectivity index (χ0n) is 16.5. The fourth-order valence-corrected chi connectivity index (χ4v) is 3.69. The lowest BCUT2D eigenvalue weighted by Crippen LogP contribution is -2.41. The van der Waals surface area contributed by atoms with Gasteiger partial charge in [-0.05, 0) is 31.1 Å². The third kappa shape index (κ3) is 4.37. The number of piperidine rings is 1. The van der Waals surface area contributed by atoms with Crippen LogP contribution in [-0.4, -0.2) is 52.0 Å². The maximum atomic E-state index is 12.8. The Bertz CT molecular complexity index is 697. The monoisotopic (exact) mass is 364 g/mol. The normalized spacial score (nSPS) is 21.2. The number of amides is 1. The molecule has 0 aromatic carbocycles. The minimum absolute atomic E-state index is 0.0120. The molecule has 1 aromatic rings. The van der Waals surface area contributed by atoms with E-state index in [1.54, 1.807) is 7.11 Å². The lowest BCUT2D eigenvalue weighted by Gasteiger charge is -2.34. The largest absolute Gasteiger partial charge is 0.383 e. The summed E-state index contributed by atoms with van der Waals surface area (Å²) in [7, 11) is 1.63. The van der Waals surface area contributed by atoms with Crippen LogP contribution in [0.1, 0.15) is 70.7 Å². The van der Waals surface area contributed by atoms with Crippen LogP contribution in [0.25, 0.3) is 0 Å². The minimum Gasteiger partial charge on any atom is -0.383 e. The van der Waals surface area contributed by atoms with Gasteiger partial charge in [0.05, 0.1) is 13.2 Å². The fraction of sp³-hybridized carbons (Fsp3) is 0.842. The molecule has 7 nitrogen and oxygen atoms in total. The van der Waals surface area contributed by atoms with Gasteiger partial charge in [-0.3, -0.25) is 9.36 Å². The smallest absolute Gasteiger partial charge is 0.346 e. The van der Waals surface area contributed by atoms with Gasteiger partial charge >= 0.3 is 5.69 Å².